The van der Waals surface area contributed by atoms with E-state index in [2.05, 4.69) is 67.5 Å². The molecule has 0 radical (unpaired) electrons. The lowest BCUT2D eigenvalue weighted by Crippen LogP contribution is -2.30. The molecule has 2 heteroatoms. The molecule has 0 saturated heterocycles. The average molecular weight is 290 g/mol. The summed E-state index contributed by atoms with van der Waals surface area (Å²) < 4.78 is 0. The SMILES string of the molecule is Cc1ccc(C2NCCc3c2[nH]c2cc(C)cc(C)c32)cc1. The fourth-order valence-electron chi connectivity index (χ4n) is 3.82. The molecule has 0 aliphatic carbocycles. The highest BCUT2D eigenvalue weighted by Gasteiger charge is 2.25. The van der Waals surface area contributed by atoms with Crippen molar-refractivity contribution in [3.8, 4) is 0 Å². The lowest BCUT2D eigenvalue weighted by molar-refractivity contribution is 0.560. The van der Waals surface area contributed by atoms with Crippen molar-refractivity contribution in [2.75, 3.05) is 6.54 Å². The van der Waals surface area contributed by atoms with Crippen LogP contribution in [-0.2, 0) is 6.42 Å². The molecule has 22 heavy (non-hydrogen) atoms. The summed E-state index contributed by atoms with van der Waals surface area (Å²) in [5.74, 6) is 0. The Hall–Kier alpha value is -2.06. The Bertz CT molecular complexity index is 840. The molecule has 0 spiro atoms. The number of nitrogens with one attached hydrogen (secondary N) is 2. The maximum absolute atomic E-state index is 3.70. The average Bonchev–Trinajstić information content (AvgIpc) is 2.86. The summed E-state index contributed by atoms with van der Waals surface area (Å²) in [6, 6.07) is 13.7. The van der Waals surface area contributed by atoms with Crippen molar-refractivity contribution >= 4 is 10.9 Å². The predicted octanol–water partition coefficient (Wildman–Crippen LogP) is 4.33. The van der Waals surface area contributed by atoms with Crippen LogP contribution in [0.15, 0.2) is 36.4 Å². The molecule has 2 nitrogen and oxygen atoms in total. The quantitative estimate of drug-likeness (QED) is 0.686. The van der Waals surface area contributed by atoms with Crippen molar-refractivity contribution in [1.29, 1.82) is 0 Å². The smallest absolute Gasteiger partial charge is 0.0732 e. The van der Waals surface area contributed by atoms with Crippen LogP contribution in [0.25, 0.3) is 10.9 Å². The van der Waals surface area contributed by atoms with Crippen molar-refractivity contribution < 1.29 is 0 Å². The third-order valence-corrected chi connectivity index (χ3v) is 4.80. The van der Waals surface area contributed by atoms with Gasteiger partial charge in [0.25, 0.3) is 0 Å². The van der Waals surface area contributed by atoms with Crippen LogP contribution in [0.4, 0.5) is 0 Å². The molecule has 1 aliphatic rings. The number of aryl methyl sites for hydroxylation is 3. The molecule has 1 aromatic heterocycles. The van der Waals surface area contributed by atoms with Gasteiger partial charge in [-0.2, -0.15) is 0 Å². The van der Waals surface area contributed by atoms with Gasteiger partial charge in [0.15, 0.2) is 0 Å². The Morgan fingerprint density at radius 3 is 2.50 bits per heavy atom. The van der Waals surface area contributed by atoms with Gasteiger partial charge in [-0.25, -0.2) is 0 Å². The van der Waals surface area contributed by atoms with Gasteiger partial charge in [-0.1, -0.05) is 35.9 Å². The van der Waals surface area contributed by atoms with E-state index in [9.17, 15) is 0 Å². The summed E-state index contributed by atoms with van der Waals surface area (Å²) >= 11 is 0. The summed E-state index contributed by atoms with van der Waals surface area (Å²) in [6.45, 7) is 7.57. The highest BCUT2D eigenvalue weighted by molar-refractivity contribution is 5.89. The highest BCUT2D eigenvalue weighted by atomic mass is 15.0. The van der Waals surface area contributed by atoms with E-state index in [-0.39, 0.29) is 6.04 Å². The second kappa shape index (κ2) is 4.99. The van der Waals surface area contributed by atoms with Crippen molar-refractivity contribution in [2.24, 2.45) is 0 Å². The number of H-pyrrole nitrogens is 1. The van der Waals surface area contributed by atoms with Crippen LogP contribution in [0.3, 0.4) is 0 Å². The molecule has 0 bridgehead atoms. The van der Waals surface area contributed by atoms with Crippen LogP contribution < -0.4 is 5.32 Å². The first-order valence-corrected chi connectivity index (χ1v) is 8.05. The Morgan fingerprint density at radius 1 is 0.955 bits per heavy atom. The van der Waals surface area contributed by atoms with E-state index in [1.165, 1.54) is 44.4 Å². The standard InChI is InChI=1S/C20H22N2/c1-12-4-6-15(7-5-12)19-20-16(8-9-21-19)18-14(3)10-13(2)11-17(18)22-20/h4-7,10-11,19,21-22H,8-9H2,1-3H3. The predicted molar refractivity (Wildman–Crippen MR) is 92.5 cm³/mol. The van der Waals surface area contributed by atoms with Gasteiger partial charge in [0.2, 0.25) is 0 Å². The van der Waals surface area contributed by atoms with Crippen molar-refractivity contribution in [1.82, 2.24) is 10.3 Å². The molecule has 1 unspecified atom stereocenters. The van der Waals surface area contributed by atoms with Crippen molar-refractivity contribution in [3.63, 3.8) is 0 Å². The zero-order valence-electron chi connectivity index (χ0n) is 13.5. The first kappa shape index (κ1) is 13.6. The molecule has 0 saturated carbocycles. The number of fused-ring (bicyclic) bond motifs is 3. The number of aromatic nitrogens is 1. The molecule has 112 valence electrons. The van der Waals surface area contributed by atoms with Crippen LogP contribution in [0.2, 0.25) is 0 Å². The second-order valence-corrected chi connectivity index (χ2v) is 6.57. The molecule has 1 aliphatic heterocycles. The molecular weight excluding hydrogens is 268 g/mol. The third-order valence-electron chi connectivity index (χ3n) is 4.80. The van der Waals surface area contributed by atoms with Gasteiger partial charge in [0.05, 0.1) is 6.04 Å². The van der Waals surface area contributed by atoms with Gasteiger partial charge in [0, 0.05) is 23.1 Å². The molecule has 4 rings (SSSR count). The van der Waals surface area contributed by atoms with Crippen LogP contribution in [-0.4, -0.2) is 11.5 Å². The fraction of sp³-hybridized carbons (Fsp3) is 0.300. The van der Waals surface area contributed by atoms with Crippen LogP contribution in [0, 0.1) is 20.8 Å². The van der Waals surface area contributed by atoms with Crippen molar-refractivity contribution in [3.05, 3.63) is 69.9 Å². The lowest BCUT2D eigenvalue weighted by Gasteiger charge is -2.25. The Morgan fingerprint density at radius 2 is 1.73 bits per heavy atom. The zero-order valence-corrected chi connectivity index (χ0v) is 13.5. The minimum Gasteiger partial charge on any atom is -0.357 e. The van der Waals surface area contributed by atoms with E-state index in [1.807, 2.05) is 0 Å². The number of hydrogen-bond acceptors (Lipinski definition) is 1. The molecule has 0 fully saturated rings. The monoisotopic (exact) mass is 290 g/mol. The first-order valence-electron chi connectivity index (χ1n) is 8.05. The second-order valence-electron chi connectivity index (χ2n) is 6.57. The Balaban J connectivity index is 1.91. The molecule has 0 amide bonds. The molecule has 3 aromatic rings. The van der Waals surface area contributed by atoms with E-state index in [0.29, 0.717) is 0 Å². The van der Waals surface area contributed by atoms with E-state index in [0.717, 1.165) is 13.0 Å². The van der Waals surface area contributed by atoms with Gasteiger partial charge < -0.3 is 10.3 Å². The van der Waals surface area contributed by atoms with Gasteiger partial charge >= 0.3 is 0 Å². The normalized spacial score (nSPS) is 17.7. The van der Waals surface area contributed by atoms with Crippen LogP contribution in [0.1, 0.15) is 39.6 Å². The van der Waals surface area contributed by atoms with Gasteiger partial charge in [-0.15, -0.1) is 0 Å². The lowest BCUT2D eigenvalue weighted by atomic mass is 9.92. The topological polar surface area (TPSA) is 27.8 Å². The number of rotatable bonds is 1. The zero-order chi connectivity index (χ0) is 15.3. The minimum absolute atomic E-state index is 0.274. The fourth-order valence-corrected chi connectivity index (χ4v) is 3.82. The summed E-state index contributed by atoms with van der Waals surface area (Å²) in [7, 11) is 0. The summed E-state index contributed by atoms with van der Waals surface area (Å²) in [5, 5.41) is 5.10. The van der Waals surface area contributed by atoms with E-state index >= 15 is 0 Å². The number of hydrogen-bond donors (Lipinski definition) is 2. The molecular formula is C20H22N2. The van der Waals surface area contributed by atoms with Crippen molar-refractivity contribution in [2.45, 2.75) is 33.2 Å². The Labute approximate surface area is 131 Å². The third kappa shape index (κ3) is 2.06. The summed E-state index contributed by atoms with van der Waals surface area (Å²) in [4.78, 5) is 3.70. The number of aromatic amines is 1. The van der Waals surface area contributed by atoms with E-state index in [4.69, 9.17) is 0 Å². The molecule has 1 atom stereocenters. The molecule has 2 N–H and O–H groups in total. The van der Waals surface area contributed by atoms with E-state index in [1.54, 1.807) is 0 Å². The first-order chi connectivity index (χ1) is 10.6. The largest absolute Gasteiger partial charge is 0.357 e. The summed E-state index contributed by atoms with van der Waals surface area (Å²) in [6.07, 6.45) is 1.10. The van der Waals surface area contributed by atoms with Gasteiger partial charge in [-0.05, 0) is 55.5 Å². The van der Waals surface area contributed by atoms with Crippen LogP contribution >= 0.6 is 0 Å². The van der Waals surface area contributed by atoms with Gasteiger partial charge in [-0.3, -0.25) is 0 Å². The summed E-state index contributed by atoms with van der Waals surface area (Å²) in [5.41, 5.74) is 9.48. The minimum atomic E-state index is 0.274. The van der Waals surface area contributed by atoms with Crippen LogP contribution in [0.5, 0.6) is 0 Å². The molecule has 2 aromatic carbocycles. The Kier molecular flexibility index (Phi) is 3.08. The molecule has 2 heterocycles. The maximum Gasteiger partial charge on any atom is 0.0732 e. The maximum atomic E-state index is 3.70. The van der Waals surface area contributed by atoms with E-state index < -0.39 is 0 Å². The van der Waals surface area contributed by atoms with Gasteiger partial charge in [0.1, 0.15) is 0 Å². The number of benzene rings is 2. The highest BCUT2D eigenvalue weighted by Crippen LogP contribution is 2.35.